The van der Waals surface area contributed by atoms with E-state index in [0.717, 1.165) is 18.3 Å². The van der Waals surface area contributed by atoms with E-state index in [1.807, 2.05) is 13.1 Å². The molecule has 16 heavy (non-hydrogen) atoms. The van der Waals surface area contributed by atoms with E-state index in [4.69, 9.17) is 0 Å². The Hall–Kier alpha value is -0.960. The third-order valence-corrected chi connectivity index (χ3v) is 2.99. The summed E-state index contributed by atoms with van der Waals surface area (Å²) in [6.45, 7) is 9.67. The van der Waals surface area contributed by atoms with Crippen molar-refractivity contribution in [2.45, 2.75) is 45.6 Å². The van der Waals surface area contributed by atoms with Crippen molar-refractivity contribution in [3.63, 3.8) is 0 Å². The van der Waals surface area contributed by atoms with Crippen molar-refractivity contribution in [3.8, 4) is 0 Å². The lowest BCUT2D eigenvalue weighted by Gasteiger charge is -2.20. The monoisotopic (exact) mass is 219 g/mol. The molecular weight excluding hydrogens is 198 g/mol. The number of aryl methyl sites for hydroxylation is 1. The normalized spacial score (nSPS) is 24.5. The van der Waals surface area contributed by atoms with Crippen LogP contribution in [0.15, 0.2) is 12.3 Å². The van der Waals surface area contributed by atoms with Gasteiger partial charge in [-0.3, -0.25) is 0 Å². The summed E-state index contributed by atoms with van der Waals surface area (Å²) in [4.78, 5) is 8.62. The summed E-state index contributed by atoms with van der Waals surface area (Å²) in [7, 11) is 0. The van der Waals surface area contributed by atoms with Crippen molar-refractivity contribution in [2.75, 3.05) is 6.54 Å². The van der Waals surface area contributed by atoms with Crippen molar-refractivity contribution in [1.82, 2.24) is 15.3 Å². The number of hydrogen-bond acceptors (Lipinski definition) is 3. The highest BCUT2D eigenvalue weighted by molar-refractivity contribution is 5.17. The molecule has 0 saturated heterocycles. The lowest BCUT2D eigenvalue weighted by Crippen LogP contribution is -2.37. The van der Waals surface area contributed by atoms with E-state index in [9.17, 15) is 0 Å². The maximum atomic E-state index is 4.49. The summed E-state index contributed by atoms with van der Waals surface area (Å²) in [5, 5.41) is 3.55. The molecule has 0 amide bonds. The van der Waals surface area contributed by atoms with Gasteiger partial charge in [-0.25, -0.2) is 9.97 Å². The first-order valence-corrected chi connectivity index (χ1v) is 6.00. The van der Waals surface area contributed by atoms with Gasteiger partial charge in [0.1, 0.15) is 5.82 Å². The molecule has 2 atom stereocenters. The van der Waals surface area contributed by atoms with Gasteiger partial charge in [0.2, 0.25) is 0 Å². The van der Waals surface area contributed by atoms with Crippen LogP contribution >= 0.6 is 0 Å². The molecule has 2 rings (SSSR count). The van der Waals surface area contributed by atoms with E-state index < -0.39 is 0 Å². The van der Waals surface area contributed by atoms with Gasteiger partial charge in [0.15, 0.2) is 0 Å². The maximum Gasteiger partial charge on any atom is 0.125 e. The van der Waals surface area contributed by atoms with Gasteiger partial charge in [0, 0.05) is 23.3 Å². The average Bonchev–Trinajstić information content (AvgIpc) is 2.93. The highest BCUT2D eigenvalue weighted by Crippen LogP contribution is 2.46. The van der Waals surface area contributed by atoms with E-state index in [1.165, 1.54) is 12.1 Å². The first-order chi connectivity index (χ1) is 7.46. The Morgan fingerprint density at radius 2 is 2.19 bits per heavy atom. The van der Waals surface area contributed by atoms with Crippen LogP contribution < -0.4 is 5.32 Å². The van der Waals surface area contributed by atoms with Crippen LogP contribution in [0.25, 0.3) is 0 Å². The smallest absolute Gasteiger partial charge is 0.125 e. The molecule has 0 radical (unpaired) electrons. The van der Waals surface area contributed by atoms with Gasteiger partial charge in [-0.15, -0.1) is 0 Å². The number of hydrogen-bond donors (Lipinski definition) is 1. The molecule has 88 valence electrons. The van der Waals surface area contributed by atoms with Crippen LogP contribution in [0.2, 0.25) is 0 Å². The number of nitrogens with one attached hydrogen (secondary N) is 1. The highest BCUT2D eigenvalue weighted by atomic mass is 15.0. The first kappa shape index (κ1) is 11.5. The molecule has 3 nitrogen and oxygen atoms in total. The topological polar surface area (TPSA) is 37.8 Å². The van der Waals surface area contributed by atoms with Crippen molar-refractivity contribution in [2.24, 2.45) is 5.92 Å². The molecule has 1 aliphatic carbocycles. The molecule has 0 aliphatic heterocycles. The Kier molecular flexibility index (Phi) is 2.98. The van der Waals surface area contributed by atoms with Crippen LogP contribution in [0.4, 0.5) is 0 Å². The Labute approximate surface area is 97.7 Å². The van der Waals surface area contributed by atoms with Gasteiger partial charge in [-0.1, -0.05) is 0 Å². The lowest BCUT2D eigenvalue weighted by atomic mass is 10.1. The highest BCUT2D eigenvalue weighted by Gasteiger charge is 2.39. The zero-order valence-electron chi connectivity index (χ0n) is 10.6. The Bertz CT molecular complexity index is 368. The molecule has 0 bridgehead atoms. The molecule has 1 saturated carbocycles. The average molecular weight is 219 g/mol. The largest absolute Gasteiger partial charge is 0.312 e. The van der Waals surface area contributed by atoms with Crippen molar-refractivity contribution >= 4 is 0 Å². The second-order valence-corrected chi connectivity index (χ2v) is 5.76. The number of rotatable bonds is 3. The molecular formula is C13H21N3. The fraction of sp³-hybridized carbons (Fsp3) is 0.692. The first-order valence-electron chi connectivity index (χ1n) is 6.00. The number of nitrogens with zero attached hydrogens (tertiary/aromatic N) is 2. The fourth-order valence-electron chi connectivity index (χ4n) is 1.95. The molecule has 1 aliphatic rings. The summed E-state index contributed by atoms with van der Waals surface area (Å²) in [6.07, 6.45) is 3.13. The van der Waals surface area contributed by atoms with Crippen molar-refractivity contribution in [3.05, 3.63) is 23.8 Å². The molecule has 1 N–H and O–H groups in total. The third-order valence-electron chi connectivity index (χ3n) is 2.99. The van der Waals surface area contributed by atoms with E-state index in [-0.39, 0.29) is 5.54 Å². The summed E-state index contributed by atoms with van der Waals surface area (Å²) in [6, 6.07) is 2.05. The third kappa shape index (κ3) is 3.01. The van der Waals surface area contributed by atoms with Crippen LogP contribution in [-0.4, -0.2) is 22.1 Å². The summed E-state index contributed by atoms with van der Waals surface area (Å²) in [5.74, 6) is 2.29. The molecule has 1 aromatic heterocycles. The predicted molar refractivity (Wildman–Crippen MR) is 65.4 cm³/mol. The molecule has 0 aromatic carbocycles. The molecule has 2 unspecified atom stereocenters. The SMILES string of the molecule is Cc1nccc(C2CC2CNC(C)(C)C)n1. The predicted octanol–water partition coefficient (Wildman–Crippen LogP) is 2.28. The second kappa shape index (κ2) is 4.13. The van der Waals surface area contributed by atoms with Crippen molar-refractivity contribution in [1.29, 1.82) is 0 Å². The lowest BCUT2D eigenvalue weighted by molar-refractivity contribution is 0.414. The van der Waals surface area contributed by atoms with Gasteiger partial charge in [-0.05, 0) is 52.6 Å². The molecule has 1 fully saturated rings. The van der Waals surface area contributed by atoms with Gasteiger partial charge < -0.3 is 5.32 Å². The van der Waals surface area contributed by atoms with Crippen LogP contribution in [0.5, 0.6) is 0 Å². The van der Waals surface area contributed by atoms with Gasteiger partial charge in [0.05, 0.1) is 0 Å². The van der Waals surface area contributed by atoms with Crippen molar-refractivity contribution < 1.29 is 0 Å². The minimum Gasteiger partial charge on any atom is -0.312 e. The Morgan fingerprint density at radius 3 is 2.81 bits per heavy atom. The summed E-state index contributed by atoms with van der Waals surface area (Å²) < 4.78 is 0. The van der Waals surface area contributed by atoms with Crippen LogP contribution in [0.1, 0.15) is 44.6 Å². The van der Waals surface area contributed by atoms with Crippen LogP contribution in [0, 0.1) is 12.8 Å². The summed E-state index contributed by atoms with van der Waals surface area (Å²) >= 11 is 0. The van der Waals surface area contributed by atoms with Crippen LogP contribution in [-0.2, 0) is 0 Å². The molecule has 1 aromatic rings. The van der Waals surface area contributed by atoms with Gasteiger partial charge in [-0.2, -0.15) is 0 Å². The Morgan fingerprint density at radius 1 is 1.44 bits per heavy atom. The zero-order valence-corrected chi connectivity index (χ0v) is 10.6. The van der Waals surface area contributed by atoms with Gasteiger partial charge >= 0.3 is 0 Å². The minimum absolute atomic E-state index is 0.217. The standard InChI is InChI=1S/C13H21N3/c1-9-14-6-5-12(16-9)11-7-10(11)8-15-13(2,3)4/h5-6,10-11,15H,7-8H2,1-4H3. The van der Waals surface area contributed by atoms with E-state index in [1.54, 1.807) is 0 Å². The zero-order chi connectivity index (χ0) is 11.8. The van der Waals surface area contributed by atoms with Crippen LogP contribution in [0.3, 0.4) is 0 Å². The van der Waals surface area contributed by atoms with E-state index >= 15 is 0 Å². The summed E-state index contributed by atoms with van der Waals surface area (Å²) in [5.41, 5.74) is 1.43. The quantitative estimate of drug-likeness (QED) is 0.847. The second-order valence-electron chi connectivity index (χ2n) is 5.76. The van der Waals surface area contributed by atoms with E-state index in [0.29, 0.717) is 5.92 Å². The number of aromatic nitrogens is 2. The molecule has 3 heteroatoms. The van der Waals surface area contributed by atoms with E-state index in [2.05, 4.69) is 42.1 Å². The maximum absolute atomic E-state index is 4.49. The fourth-order valence-corrected chi connectivity index (χ4v) is 1.95. The molecule has 1 heterocycles. The minimum atomic E-state index is 0.217. The molecule has 0 spiro atoms. The van der Waals surface area contributed by atoms with Gasteiger partial charge in [0.25, 0.3) is 0 Å². The Balaban J connectivity index is 1.87.